The van der Waals surface area contributed by atoms with E-state index in [-0.39, 0.29) is 41.9 Å². The number of sulfonamides is 1. The second-order valence-electron chi connectivity index (χ2n) is 9.49. The summed E-state index contributed by atoms with van der Waals surface area (Å²) in [7, 11) is -3.85. The van der Waals surface area contributed by atoms with Gasteiger partial charge in [-0.25, -0.2) is 8.42 Å². The predicted octanol–water partition coefficient (Wildman–Crippen LogP) is 2.22. The van der Waals surface area contributed by atoms with Crippen molar-refractivity contribution < 1.29 is 22.7 Å². The fraction of sp³-hybridized carbons (Fsp3) is 0.560. The van der Waals surface area contributed by atoms with E-state index in [4.69, 9.17) is 4.74 Å². The van der Waals surface area contributed by atoms with E-state index in [1.165, 1.54) is 15.1 Å². The number of nitrogens with zero attached hydrogens (tertiary/aromatic N) is 3. The molecule has 1 amide bonds. The Bertz CT molecular complexity index is 1260. The van der Waals surface area contributed by atoms with E-state index in [9.17, 15) is 22.8 Å². The van der Waals surface area contributed by atoms with Crippen molar-refractivity contribution in [3.8, 4) is 0 Å². The van der Waals surface area contributed by atoms with Gasteiger partial charge in [-0.2, -0.15) is 4.31 Å². The summed E-state index contributed by atoms with van der Waals surface area (Å²) in [5.74, 6) is -0.574. The van der Waals surface area contributed by atoms with Crippen LogP contribution in [-0.2, 0) is 30.9 Å². The maximum absolute atomic E-state index is 13.6. The van der Waals surface area contributed by atoms with Gasteiger partial charge in [0.2, 0.25) is 15.9 Å². The van der Waals surface area contributed by atoms with Crippen LogP contribution < -0.4 is 5.56 Å². The molecule has 0 radical (unpaired) electrons. The number of hydrogen-bond donors (Lipinski definition) is 0. The highest BCUT2D eigenvalue weighted by Crippen LogP contribution is 2.28. The van der Waals surface area contributed by atoms with Gasteiger partial charge in [0.25, 0.3) is 5.56 Å². The number of rotatable bonds is 6. The van der Waals surface area contributed by atoms with Gasteiger partial charge in [0.1, 0.15) is 11.4 Å². The van der Waals surface area contributed by atoms with Crippen molar-refractivity contribution in [2.45, 2.75) is 51.0 Å². The fourth-order valence-corrected chi connectivity index (χ4v) is 6.58. The molecule has 0 bridgehead atoms. The van der Waals surface area contributed by atoms with Gasteiger partial charge in [-0.05, 0) is 44.6 Å². The number of amides is 1. The van der Waals surface area contributed by atoms with Crippen molar-refractivity contribution in [3.05, 3.63) is 40.8 Å². The van der Waals surface area contributed by atoms with Gasteiger partial charge in [0, 0.05) is 43.1 Å². The lowest BCUT2D eigenvalue weighted by Gasteiger charge is -2.32. The summed E-state index contributed by atoms with van der Waals surface area (Å²) in [4.78, 5) is 40.1. The topological polar surface area (TPSA) is 106 Å². The number of carbonyl (C=O) groups excluding carboxylic acids is 2. The third kappa shape index (κ3) is 5.28. The largest absolute Gasteiger partial charge is 0.466 e. The van der Waals surface area contributed by atoms with Crippen molar-refractivity contribution in [3.63, 3.8) is 0 Å². The standard InChI is InChI=1S/C25H33N3O6S/c1-3-34-25(31)19-7-6-12-26(15-19)23(29)17-27-16-22(20-8-4-5-9-21(20)24(27)30)35(32,33)28-13-10-18(2)11-14-28/h4-5,8-9,16,18-19H,3,6-7,10-15,17H2,1-2H3/t19-/m0/s1. The van der Waals surface area contributed by atoms with Crippen molar-refractivity contribution in [1.29, 1.82) is 0 Å². The molecule has 0 saturated carbocycles. The number of fused-ring (bicyclic) bond motifs is 1. The van der Waals surface area contributed by atoms with E-state index in [1.807, 2.05) is 0 Å². The number of esters is 1. The SMILES string of the molecule is CCOC(=O)[C@H]1CCCN(C(=O)Cn2cc(S(=O)(=O)N3CCC(C)CC3)c3ccccc3c2=O)C1. The van der Waals surface area contributed by atoms with E-state index in [0.29, 0.717) is 43.8 Å². The lowest BCUT2D eigenvalue weighted by molar-refractivity contribution is -0.151. The van der Waals surface area contributed by atoms with Crippen molar-refractivity contribution in [2.24, 2.45) is 11.8 Å². The first-order valence-corrected chi connectivity index (χ1v) is 13.7. The molecule has 0 spiro atoms. The van der Waals surface area contributed by atoms with Gasteiger partial charge in [0.05, 0.1) is 12.5 Å². The molecule has 4 rings (SSSR count). The molecule has 35 heavy (non-hydrogen) atoms. The summed E-state index contributed by atoms with van der Waals surface area (Å²) in [6.45, 7) is 5.41. The zero-order chi connectivity index (χ0) is 25.2. The van der Waals surface area contributed by atoms with Crippen LogP contribution in [0.25, 0.3) is 10.8 Å². The summed E-state index contributed by atoms with van der Waals surface area (Å²) in [5, 5.41) is 0.620. The Morgan fingerprint density at radius 2 is 1.74 bits per heavy atom. The monoisotopic (exact) mass is 503 g/mol. The molecule has 0 aliphatic carbocycles. The predicted molar refractivity (Wildman–Crippen MR) is 131 cm³/mol. The number of carbonyl (C=O) groups is 2. The minimum atomic E-state index is -3.85. The molecule has 2 aliphatic rings. The van der Waals surface area contributed by atoms with E-state index < -0.39 is 21.5 Å². The summed E-state index contributed by atoms with van der Waals surface area (Å²) < 4.78 is 35.0. The summed E-state index contributed by atoms with van der Waals surface area (Å²) in [6, 6.07) is 6.62. The first-order valence-electron chi connectivity index (χ1n) is 12.3. The van der Waals surface area contributed by atoms with Crippen molar-refractivity contribution in [2.75, 3.05) is 32.8 Å². The van der Waals surface area contributed by atoms with Gasteiger partial charge in [-0.15, -0.1) is 0 Å². The molecule has 2 fully saturated rings. The minimum absolute atomic E-state index is 0.0399. The molecule has 0 unspecified atom stereocenters. The van der Waals surface area contributed by atoms with Gasteiger partial charge in [0.15, 0.2) is 0 Å². The third-order valence-corrected chi connectivity index (χ3v) is 8.94. The molecule has 10 heteroatoms. The lowest BCUT2D eigenvalue weighted by Crippen LogP contribution is -2.45. The molecule has 1 aromatic carbocycles. The molecule has 1 atom stereocenters. The maximum atomic E-state index is 13.6. The molecule has 3 heterocycles. The van der Waals surface area contributed by atoms with E-state index in [2.05, 4.69) is 6.92 Å². The van der Waals surface area contributed by atoms with Crippen LogP contribution >= 0.6 is 0 Å². The van der Waals surface area contributed by atoms with Gasteiger partial charge in [-0.3, -0.25) is 14.4 Å². The first-order chi connectivity index (χ1) is 16.7. The normalized spacial score (nSPS) is 20.2. The van der Waals surface area contributed by atoms with Crippen LogP contribution in [0.2, 0.25) is 0 Å². The van der Waals surface area contributed by atoms with Gasteiger partial charge >= 0.3 is 5.97 Å². The van der Waals surface area contributed by atoms with Crippen LogP contribution in [0.1, 0.15) is 39.5 Å². The van der Waals surface area contributed by atoms with Crippen LogP contribution in [0.4, 0.5) is 0 Å². The second kappa shape index (κ2) is 10.5. The highest BCUT2D eigenvalue weighted by atomic mass is 32.2. The lowest BCUT2D eigenvalue weighted by atomic mass is 9.98. The van der Waals surface area contributed by atoms with E-state index in [0.717, 1.165) is 12.8 Å². The Balaban J connectivity index is 1.65. The Hall–Kier alpha value is -2.72. The van der Waals surface area contributed by atoms with Crippen molar-refractivity contribution >= 4 is 32.7 Å². The molecule has 2 aliphatic heterocycles. The average Bonchev–Trinajstić information content (AvgIpc) is 2.86. The Morgan fingerprint density at radius 1 is 1.06 bits per heavy atom. The van der Waals surface area contributed by atoms with Crippen LogP contribution in [0.5, 0.6) is 0 Å². The Morgan fingerprint density at radius 3 is 2.43 bits per heavy atom. The van der Waals surface area contributed by atoms with Crippen LogP contribution in [-0.4, -0.2) is 66.9 Å². The quantitative estimate of drug-likeness (QED) is 0.560. The Kier molecular flexibility index (Phi) is 7.61. The average molecular weight is 504 g/mol. The van der Waals surface area contributed by atoms with Gasteiger partial charge < -0.3 is 14.2 Å². The molecule has 1 aromatic heterocycles. The second-order valence-corrected chi connectivity index (χ2v) is 11.4. The molecule has 0 N–H and O–H groups in total. The molecule has 190 valence electrons. The zero-order valence-electron chi connectivity index (χ0n) is 20.3. The maximum Gasteiger partial charge on any atom is 0.310 e. The number of hydrogen-bond acceptors (Lipinski definition) is 6. The smallest absolute Gasteiger partial charge is 0.310 e. The van der Waals surface area contributed by atoms with Gasteiger partial charge in [-0.1, -0.05) is 25.1 Å². The highest BCUT2D eigenvalue weighted by molar-refractivity contribution is 7.89. The zero-order valence-corrected chi connectivity index (χ0v) is 21.1. The van der Waals surface area contributed by atoms with Crippen molar-refractivity contribution in [1.82, 2.24) is 13.8 Å². The third-order valence-electron chi connectivity index (χ3n) is 7.02. The number of pyridine rings is 1. The molecular weight excluding hydrogens is 470 g/mol. The number of piperidine rings is 2. The Labute approximate surface area is 205 Å². The van der Waals surface area contributed by atoms with Crippen LogP contribution in [0.3, 0.4) is 0 Å². The summed E-state index contributed by atoms with van der Waals surface area (Å²) in [5.41, 5.74) is -0.417. The van der Waals surface area contributed by atoms with E-state index >= 15 is 0 Å². The number of ether oxygens (including phenoxy) is 1. The first kappa shape index (κ1) is 25.4. The highest BCUT2D eigenvalue weighted by Gasteiger charge is 2.32. The number of likely N-dealkylation sites (tertiary alicyclic amines) is 1. The molecular formula is C25H33N3O6S. The minimum Gasteiger partial charge on any atom is -0.466 e. The fourth-order valence-electron chi connectivity index (χ4n) is 4.90. The summed E-state index contributed by atoms with van der Waals surface area (Å²) >= 11 is 0. The number of benzene rings is 1. The molecule has 2 saturated heterocycles. The summed E-state index contributed by atoms with van der Waals surface area (Å²) in [6.07, 6.45) is 4.19. The van der Waals surface area contributed by atoms with E-state index in [1.54, 1.807) is 36.1 Å². The van der Waals surface area contributed by atoms with Crippen LogP contribution in [0.15, 0.2) is 40.2 Å². The number of aromatic nitrogens is 1. The van der Waals surface area contributed by atoms with Crippen LogP contribution in [0, 0.1) is 11.8 Å². The molecule has 9 nitrogen and oxygen atoms in total. The molecule has 2 aromatic rings.